The molecule has 6 nitrogen and oxygen atoms in total. The van der Waals surface area contributed by atoms with Gasteiger partial charge in [-0.05, 0) is 38.4 Å². The van der Waals surface area contributed by atoms with Crippen LogP contribution in [0.2, 0.25) is 0 Å². The van der Waals surface area contributed by atoms with E-state index in [-0.39, 0.29) is 23.2 Å². The number of nitrogens with one attached hydrogen (secondary N) is 1. The zero-order valence-corrected chi connectivity index (χ0v) is 13.2. The number of ether oxygens (including phenoxy) is 1. The number of carbonyl (C=O) groups is 2. The molecular weight excluding hydrogens is 290 g/mol. The van der Waals surface area contributed by atoms with Crippen molar-refractivity contribution in [1.82, 2.24) is 10.2 Å². The predicted octanol–water partition coefficient (Wildman–Crippen LogP) is 0.894. The summed E-state index contributed by atoms with van der Waals surface area (Å²) in [7, 11) is 0. The van der Waals surface area contributed by atoms with Crippen molar-refractivity contribution < 1.29 is 14.3 Å². The van der Waals surface area contributed by atoms with Gasteiger partial charge in [-0.3, -0.25) is 19.5 Å². The Morgan fingerprint density at radius 3 is 2.95 bits per heavy atom. The monoisotopic (exact) mass is 311 g/mol. The summed E-state index contributed by atoms with van der Waals surface area (Å²) >= 11 is 5.09. The molecule has 0 saturated carbocycles. The topological polar surface area (TPSA) is 71.0 Å². The molecular formula is C14H21N3O3S. The van der Waals surface area contributed by atoms with E-state index in [0.29, 0.717) is 6.54 Å². The minimum atomic E-state index is -0.896. The molecule has 3 atom stereocenters. The first kappa shape index (κ1) is 16.0. The van der Waals surface area contributed by atoms with Gasteiger partial charge in [-0.15, -0.1) is 0 Å². The lowest BCUT2D eigenvalue weighted by molar-refractivity contribution is -0.139. The maximum absolute atomic E-state index is 12.4. The molecule has 7 heteroatoms. The third-order valence-corrected chi connectivity index (χ3v) is 4.15. The molecule has 2 aliphatic heterocycles. The summed E-state index contributed by atoms with van der Waals surface area (Å²) < 4.78 is 5.46. The van der Waals surface area contributed by atoms with Crippen molar-refractivity contribution in [2.45, 2.75) is 45.3 Å². The fraction of sp³-hybridized carbons (Fsp3) is 0.714. The highest BCUT2D eigenvalue weighted by Crippen LogP contribution is 2.15. The third kappa shape index (κ3) is 3.65. The molecule has 0 aliphatic carbocycles. The highest BCUT2D eigenvalue weighted by molar-refractivity contribution is 7.80. The van der Waals surface area contributed by atoms with Crippen LogP contribution in [0.15, 0.2) is 4.99 Å². The van der Waals surface area contributed by atoms with Gasteiger partial charge in [-0.1, -0.05) is 6.92 Å². The Balaban J connectivity index is 2.02. The first-order chi connectivity index (χ1) is 10.0. The van der Waals surface area contributed by atoms with E-state index in [1.165, 1.54) is 11.1 Å². The average molecular weight is 311 g/mol. The minimum absolute atomic E-state index is 0.0420. The van der Waals surface area contributed by atoms with Gasteiger partial charge in [0.15, 0.2) is 11.0 Å². The lowest BCUT2D eigenvalue weighted by Crippen LogP contribution is -2.60. The van der Waals surface area contributed by atoms with E-state index in [0.717, 1.165) is 25.9 Å². The highest BCUT2D eigenvalue weighted by Gasteiger charge is 2.39. The molecule has 2 heterocycles. The molecule has 1 N–H and O–H groups in total. The lowest BCUT2D eigenvalue weighted by Gasteiger charge is -2.34. The molecule has 21 heavy (non-hydrogen) atoms. The minimum Gasteiger partial charge on any atom is -0.376 e. The van der Waals surface area contributed by atoms with Crippen LogP contribution >= 0.6 is 12.2 Å². The molecule has 2 amide bonds. The van der Waals surface area contributed by atoms with Gasteiger partial charge in [0.2, 0.25) is 11.8 Å². The van der Waals surface area contributed by atoms with Gasteiger partial charge in [-0.2, -0.15) is 0 Å². The number of hydrogen-bond acceptors (Lipinski definition) is 5. The smallest absolute Gasteiger partial charge is 0.247 e. The second kappa shape index (κ2) is 7.09. The van der Waals surface area contributed by atoms with Crippen LogP contribution in [-0.4, -0.2) is 53.3 Å². The van der Waals surface area contributed by atoms with Crippen LogP contribution in [0.25, 0.3) is 0 Å². The second-order valence-electron chi connectivity index (χ2n) is 5.39. The van der Waals surface area contributed by atoms with Crippen molar-refractivity contribution >= 4 is 35.4 Å². The van der Waals surface area contributed by atoms with Gasteiger partial charge in [-0.25, -0.2) is 0 Å². The molecule has 0 aromatic carbocycles. The Labute approximate surface area is 129 Å². The number of thiocarbonyl (C=S) groups is 1. The quantitative estimate of drug-likeness (QED) is 0.465. The van der Waals surface area contributed by atoms with Gasteiger partial charge in [0.05, 0.1) is 12.6 Å². The maximum atomic E-state index is 12.4. The van der Waals surface area contributed by atoms with E-state index >= 15 is 0 Å². The van der Waals surface area contributed by atoms with E-state index < -0.39 is 11.8 Å². The second-order valence-corrected chi connectivity index (χ2v) is 5.77. The first-order valence-electron chi connectivity index (χ1n) is 7.34. The van der Waals surface area contributed by atoms with Crippen LogP contribution in [0, 0.1) is 5.92 Å². The van der Waals surface area contributed by atoms with Gasteiger partial charge in [0, 0.05) is 18.9 Å². The van der Waals surface area contributed by atoms with Crippen molar-refractivity contribution in [3.05, 3.63) is 0 Å². The van der Waals surface area contributed by atoms with E-state index in [1.807, 2.05) is 13.8 Å². The average Bonchev–Trinajstić information content (AvgIpc) is 2.95. The molecule has 0 bridgehead atoms. The van der Waals surface area contributed by atoms with E-state index in [4.69, 9.17) is 17.0 Å². The number of rotatable bonds is 5. The number of nitrogens with zero attached hydrogens (tertiary/aromatic N) is 2. The first-order valence-corrected chi connectivity index (χ1v) is 7.74. The molecule has 2 saturated heterocycles. The van der Waals surface area contributed by atoms with E-state index in [9.17, 15) is 9.59 Å². The van der Waals surface area contributed by atoms with Crippen LogP contribution < -0.4 is 5.32 Å². The zero-order valence-electron chi connectivity index (χ0n) is 12.4. The van der Waals surface area contributed by atoms with Gasteiger partial charge >= 0.3 is 0 Å². The fourth-order valence-corrected chi connectivity index (χ4v) is 2.78. The Kier molecular flexibility index (Phi) is 5.41. The third-order valence-electron chi connectivity index (χ3n) is 3.85. The summed E-state index contributed by atoms with van der Waals surface area (Å²) in [4.78, 5) is 30.1. The van der Waals surface area contributed by atoms with Gasteiger partial charge in [0.25, 0.3) is 0 Å². The lowest BCUT2D eigenvalue weighted by atomic mass is 10.0. The normalized spacial score (nSPS) is 28.3. The van der Waals surface area contributed by atoms with Crippen molar-refractivity contribution in [2.75, 3.05) is 13.2 Å². The predicted molar refractivity (Wildman–Crippen MR) is 83.2 cm³/mol. The number of carbonyl (C=O) groups excluding carboxylic acids is 2. The van der Waals surface area contributed by atoms with Crippen LogP contribution in [-0.2, 0) is 14.3 Å². The Bertz CT molecular complexity index is 460. The maximum Gasteiger partial charge on any atom is 0.247 e. The molecule has 2 aliphatic rings. The summed E-state index contributed by atoms with van der Waals surface area (Å²) in [5, 5.41) is 2.76. The van der Waals surface area contributed by atoms with Crippen LogP contribution in [0.3, 0.4) is 0 Å². The number of amides is 2. The fourth-order valence-electron chi connectivity index (χ4n) is 2.41. The largest absolute Gasteiger partial charge is 0.376 e. The van der Waals surface area contributed by atoms with Crippen LogP contribution in [0.1, 0.15) is 33.1 Å². The van der Waals surface area contributed by atoms with Crippen molar-refractivity contribution in [3.8, 4) is 0 Å². The van der Waals surface area contributed by atoms with E-state index in [2.05, 4.69) is 10.3 Å². The summed E-state index contributed by atoms with van der Waals surface area (Å²) in [5.41, 5.74) is 0. The Morgan fingerprint density at radius 2 is 2.33 bits per heavy atom. The number of hydrogen-bond donors (Lipinski definition) is 1. The zero-order chi connectivity index (χ0) is 15.4. The summed E-state index contributed by atoms with van der Waals surface area (Å²) in [6, 6.07) is -0.0420. The standard InChI is InChI=1S/C14H21N3O3S/c1-3-9(2)17-13(19)11(12(18)16-14(17)21)8-15-7-10-5-4-6-20-10/h8-11H,3-7H2,1-2H3,(H,16,18,21)/t9-,10+,11-/m1/s1. The molecule has 0 radical (unpaired) electrons. The van der Waals surface area contributed by atoms with Gasteiger partial charge in [0.1, 0.15) is 0 Å². The Hall–Kier alpha value is -1.34. The van der Waals surface area contributed by atoms with Crippen molar-refractivity contribution in [3.63, 3.8) is 0 Å². The van der Waals surface area contributed by atoms with Crippen LogP contribution in [0.5, 0.6) is 0 Å². The van der Waals surface area contributed by atoms with E-state index in [1.54, 1.807) is 0 Å². The molecule has 0 aromatic heterocycles. The SMILES string of the molecule is CC[C@@H](C)N1C(=O)[C@H](C=NC[C@@H]2CCCO2)C(=O)NC1=S. The molecule has 2 rings (SSSR count). The van der Waals surface area contributed by atoms with Gasteiger partial charge < -0.3 is 10.1 Å². The Morgan fingerprint density at radius 1 is 1.57 bits per heavy atom. The molecule has 0 spiro atoms. The molecule has 0 unspecified atom stereocenters. The van der Waals surface area contributed by atoms with Crippen molar-refractivity contribution in [1.29, 1.82) is 0 Å². The summed E-state index contributed by atoms with van der Waals surface area (Å²) in [6.07, 6.45) is 4.32. The van der Waals surface area contributed by atoms with Crippen molar-refractivity contribution in [2.24, 2.45) is 10.9 Å². The molecule has 116 valence electrons. The van der Waals surface area contributed by atoms with Crippen LogP contribution in [0.4, 0.5) is 0 Å². The molecule has 0 aromatic rings. The highest BCUT2D eigenvalue weighted by atomic mass is 32.1. The summed E-state index contributed by atoms with van der Waals surface area (Å²) in [5.74, 6) is -1.60. The molecule has 2 fully saturated rings. The number of aliphatic imine (C=N–C) groups is 1. The summed E-state index contributed by atoms with van der Waals surface area (Å²) in [6.45, 7) is 5.13.